The summed E-state index contributed by atoms with van der Waals surface area (Å²) in [4.78, 5) is 19.9. The zero-order chi connectivity index (χ0) is 13.9. The summed E-state index contributed by atoms with van der Waals surface area (Å²) in [6.45, 7) is 5.94. The van der Waals surface area contributed by atoms with Gasteiger partial charge in [-0.15, -0.1) is 11.3 Å². The number of fused-ring (bicyclic) bond motifs is 1. The molecule has 1 amide bonds. The zero-order valence-electron chi connectivity index (χ0n) is 11.9. The van der Waals surface area contributed by atoms with Crippen molar-refractivity contribution in [1.82, 2.24) is 15.2 Å². The van der Waals surface area contributed by atoms with Gasteiger partial charge in [-0.05, 0) is 25.8 Å². The van der Waals surface area contributed by atoms with Crippen molar-refractivity contribution in [2.45, 2.75) is 38.8 Å². The lowest BCUT2D eigenvalue weighted by molar-refractivity contribution is -0.124. The van der Waals surface area contributed by atoms with Crippen LogP contribution in [-0.4, -0.2) is 41.5 Å². The van der Waals surface area contributed by atoms with Crippen molar-refractivity contribution < 1.29 is 4.79 Å². The Morgan fingerprint density at radius 2 is 2.50 bits per heavy atom. The van der Waals surface area contributed by atoms with Crippen LogP contribution in [0.2, 0.25) is 0 Å². The van der Waals surface area contributed by atoms with Crippen LogP contribution in [0.1, 0.15) is 31.1 Å². The highest BCUT2D eigenvalue weighted by atomic mass is 32.1. The predicted octanol–water partition coefficient (Wildman–Crippen LogP) is 1.68. The Balaban J connectivity index is 1.62. The third kappa shape index (κ3) is 2.81. The maximum Gasteiger partial charge on any atom is 0.224 e. The van der Waals surface area contributed by atoms with Crippen LogP contribution in [0.25, 0.3) is 0 Å². The minimum atomic E-state index is 0.203. The van der Waals surface area contributed by atoms with Gasteiger partial charge in [-0.3, -0.25) is 9.69 Å². The highest BCUT2D eigenvalue weighted by molar-refractivity contribution is 7.15. The standard InChI is InChI=1S/C14H22N4OS/c1-2-5-15-14-17-7-10(20-14)9-18-6-3-4-11-12(18)8-16-13(11)19/h7,11-12H,2-6,8-9H2,1H3,(H,15,17)(H,16,19). The van der Waals surface area contributed by atoms with Gasteiger partial charge in [0.05, 0.1) is 5.92 Å². The lowest BCUT2D eigenvalue weighted by Crippen LogP contribution is -2.44. The average molecular weight is 294 g/mol. The van der Waals surface area contributed by atoms with E-state index in [4.69, 9.17) is 0 Å². The molecule has 2 N–H and O–H groups in total. The summed E-state index contributed by atoms with van der Waals surface area (Å²) >= 11 is 1.73. The molecule has 110 valence electrons. The molecule has 0 aliphatic carbocycles. The quantitative estimate of drug-likeness (QED) is 0.867. The van der Waals surface area contributed by atoms with Gasteiger partial charge in [0.1, 0.15) is 0 Å². The van der Waals surface area contributed by atoms with E-state index >= 15 is 0 Å². The Hall–Kier alpha value is -1.14. The number of rotatable bonds is 5. The van der Waals surface area contributed by atoms with Gasteiger partial charge in [0.15, 0.2) is 5.13 Å². The number of nitrogens with zero attached hydrogens (tertiary/aromatic N) is 2. The van der Waals surface area contributed by atoms with E-state index in [0.29, 0.717) is 6.04 Å². The van der Waals surface area contributed by atoms with Gasteiger partial charge in [-0.1, -0.05) is 6.92 Å². The summed E-state index contributed by atoms with van der Waals surface area (Å²) in [6, 6.07) is 0.380. The number of thiazole rings is 1. The van der Waals surface area contributed by atoms with Gasteiger partial charge in [0.25, 0.3) is 0 Å². The van der Waals surface area contributed by atoms with E-state index in [1.54, 1.807) is 11.3 Å². The molecule has 2 atom stereocenters. The van der Waals surface area contributed by atoms with E-state index in [9.17, 15) is 4.79 Å². The molecule has 3 heterocycles. The van der Waals surface area contributed by atoms with Gasteiger partial charge in [-0.25, -0.2) is 4.98 Å². The highest BCUT2D eigenvalue weighted by Crippen LogP contribution is 2.30. The van der Waals surface area contributed by atoms with Crippen LogP contribution in [0.4, 0.5) is 5.13 Å². The molecule has 2 aliphatic rings. The molecule has 2 saturated heterocycles. The zero-order valence-corrected chi connectivity index (χ0v) is 12.7. The van der Waals surface area contributed by atoms with E-state index in [-0.39, 0.29) is 11.8 Å². The number of hydrogen-bond donors (Lipinski definition) is 2. The van der Waals surface area contributed by atoms with Crippen LogP contribution in [-0.2, 0) is 11.3 Å². The first-order valence-corrected chi connectivity index (χ1v) is 8.30. The largest absolute Gasteiger partial charge is 0.362 e. The maximum atomic E-state index is 11.8. The molecular formula is C14H22N4OS. The second-order valence-corrected chi connectivity index (χ2v) is 6.71. The van der Waals surface area contributed by atoms with Gasteiger partial charge in [0.2, 0.25) is 5.91 Å². The lowest BCUT2D eigenvalue weighted by atomic mass is 9.91. The van der Waals surface area contributed by atoms with E-state index in [1.165, 1.54) is 4.88 Å². The van der Waals surface area contributed by atoms with Crippen molar-refractivity contribution in [2.75, 3.05) is 25.0 Å². The maximum absolute atomic E-state index is 11.8. The number of hydrogen-bond acceptors (Lipinski definition) is 5. The number of carbonyl (C=O) groups excluding carboxylic acids is 1. The number of amides is 1. The predicted molar refractivity (Wildman–Crippen MR) is 80.8 cm³/mol. The molecule has 0 bridgehead atoms. The molecular weight excluding hydrogens is 272 g/mol. The molecule has 3 rings (SSSR count). The summed E-state index contributed by atoms with van der Waals surface area (Å²) in [6.07, 6.45) is 5.24. The number of piperidine rings is 1. The molecule has 0 spiro atoms. The first-order valence-electron chi connectivity index (χ1n) is 7.48. The molecule has 2 fully saturated rings. The first-order chi connectivity index (χ1) is 9.78. The number of anilines is 1. The number of aromatic nitrogens is 1. The fourth-order valence-electron chi connectivity index (χ4n) is 3.13. The smallest absolute Gasteiger partial charge is 0.224 e. The SMILES string of the molecule is CCCNc1ncc(CN2CCCC3C(=O)NCC32)s1. The minimum absolute atomic E-state index is 0.203. The summed E-state index contributed by atoms with van der Waals surface area (Å²) in [5.74, 6) is 0.448. The van der Waals surface area contributed by atoms with Gasteiger partial charge in [0, 0.05) is 36.8 Å². The fraction of sp³-hybridized carbons (Fsp3) is 0.714. The molecule has 5 nitrogen and oxygen atoms in total. The highest BCUT2D eigenvalue weighted by Gasteiger charge is 2.40. The normalized spacial score (nSPS) is 26.4. The van der Waals surface area contributed by atoms with Crippen molar-refractivity contribution in [3.63, 3.8) is 0 Å². The molecule has 2 aliphatic heterocycles. The number of nitrogens with one attached hydrogen (secondary N) is 2. The monoisotopic (exact) mass is 294 g/mol. The van der Waals surface area contributed by atoms with Crippen molar-refractivity contribution in [3.05, 3.63) is 11.1 Å². The van der Waals surface area contributed by atoms with Gasteiger partial charge >= 0.3 is 0 Å². The average Bonchev–Trinajstić information content (AvgIpc) is 3.05. The summed E-state index contributed by atoms with van der Waals surface area (Å²) in [7, 11) is 0. The second kappa shape index (κ2) is 6.10. The van der Waals surface area contributed by atoms with Crippen LogP contribution >= 0.6 is 11.3 Å². The van der Waals surface area contributed by atoms with E-state index in [1.807, 2.05) is 6.20 Å². The summed E-state index contributed by atoms with van der Waals surface area (Å²) in [5, 5.41) is 7.34. The third-order valence-corrected chi connectivity index (χ3v) is 5.09. The first kappa shape index (κ1) is 13.8. The Labute approximate surface area is 123 Å². The van der Waals surface area contributed by atoms with Gasteiger partial charge < -0.3 is 10.6 Å². The summed E-state index contributed by atoms with van der Waals surface area (Å²) in [5.41, 5.74) is 0. The molecule has 0 radical (unpaired) electrons. The van der Waals surface area contributed by atoms with Crippen LogP contribution in [0.5, 0.6) is 0 Å². The molecule has 6 heteroatoms. The third-order valence-electron chi connectivity index (χ3n) is 4.15. The molecule has 20 heavy (non-hydrogen) atoms. The van der Waals surface area contributed by atoms with Crippen molar-refractivity contribution in [3.8, 4) is 0 Å². The molecule has 1 aromatic heterocycles. The van der Waals surface area contributed by atoms with Crippen molar-refractivity contribution >= 4 is 22.4 Å². The van der Waals surface area contributed by atoms with E-state index < -0.39 is 0 Å². The second-order valence-electron chi connectivity index (χ2n) is 5.59. The Bertz CT molecular complexity index is 475. The van der Waals surface area contributed by atoms with Crippen molar-refractivity contribution in [2.24, 2.45) is 5.92 Å². The lowest BCUT2D eigenvalue weighted by Gasteiger charge is -2.35. The van der Waals surface area contributed by atoms with Crippen LogP contribution < -0.4 is 10.6 Å². The molecule has 2 unspecified atom stereocenters. The summed E-state index contributed by atoms with van der Waals surface area (Å²) < 4.78 is 0. The van der Waals surface area contributed by atoms with Crippen LogP contribution in [0.15, 0.2) is 6.20 Å². The van der Waals surface area contributed by atoms with Crippen LogP contribution in [0, 0.1) is 5.92 Å². The Morgan fingerprint density at radius 3 is 3.35 bits per heavy atom. The molecule has 0 aromatic carbocycles. The van der Waals surface area contributed by atoms with E-state index in [2.05, 4.69) is 27.4 Å². The number of carbonyl (C=O) groups is 1. The Morgan fingerprint density at radius 1 is 1.60 bits per heavy atom. The molecule has 0 saturated carbocycles. The fourth-order valence-corrected chi connectivity index (χ4v) is 3.99. The number of likely N-dealkylation sites (tertiary alicyclic amines) is 1. The Kier molecular flexibility index (Phi) is 4.21. The van der Waals surface area contributed by atoms with E-state index in [0.717, 1.165) is 50.6 Å². The molecule has 1 aromatic rings. The van der Waals surface area contributed by atoms with Crippen LogP contribution in [0.3, 0.4) is 0 Å². The topological polar surface area (TPSA) is 57.3 Å². The minimum Gasteiger partial charge on any atom is -0.362 e. The van der Waals surface area contributed by atoms with Crippen molar-refractivity contribution in [1.29, 1.82) is 0 Å². The van der Waals surface area contributed by atoms with Gasteiger partial charge in [-0.2, -0.15) is 0 Å².